The van der Waals surface area contributed by atoms with Crippen LogP contribution in [0.1, 0.15) is 19.6 Å². The number of hydrogen-bond acceptors (Lipinski definition) is 6. The fraction of sp³-hybridized carbons (Fsp3) is 0.429. The quantitative estimate of drug-likeness (QED) is 0.807. The zero-order valence-electron chi connectivity index (χ0n) is 13.4. The first-order chi connectivity index (χ1) is 11.0. The first kappa shape index (κ1) is 17.1. The molecule has 0 saturated heterocycles. The van der Waals surface area contributed by atoms with Crippen molar-refractivity contribution in [2.24, 2.45) is 0 Å². The number of imide groups is 1. The van der Waals surface area contributed by atoms with Crippen molar-refractivity contribution in [1.29, 1.82) is 0 Å². The number of aromatic nitrogens is 3. The van der Waals surface area contributed by atoms with E-state index in [4.69, 9.17) is 4.42 Å². The zero-order valence-corrected chi connectivity index (χ0v) is 14.2. The lowest BCUT2D eigenvalue weighted by atomic mass is 10.2. The molecule has 0 aliphatic heterocycles. The summed E-state index contributed by atoms with van der Waals surface area (Å²) in [5.41, 5.74) is 0.869. The van der Waals surface area contributed by atoms with Crippen molar-refractivity contribution in [3.05, 3.63) is 18.1 Å². The van der Waals surface area contributed by atoms with Crippen LogP contribution in [0, 0.1) is 6.92 Å². The van der Waals surface area contributed by atoms with Gasteiger partial charge in [-0.05, 0) is 26.8 Å². The van der Waals surface area contributed by atoms with Crippen LogP contribution in [0.3, 0.4) is 0 Å². The Morgan fingerprint density at radius 3 is 2.74 bits per heavy atom. The van der Waals surface area contributed by atoms with Crippen molar-refractivity contribution in [2.75, 3.05) is 7.05 Å². The van der Waals surface area contributed by atoms with Crippen molar-refractivity contribution < 1.29 is 14.0 Å². The highest BCUT2D eigenvalue weighted by atomic mass is 32.2. The highest BCUT2D eigenvalue weighted by Crippen LogP contribution is 2.28. The van der Waals surface area contributed by atoms with Gasteiger partial charge in [-0.2, -0.15) is 0 Å². The van der Waals surface area contributed by atoms with Gasteiger partial charge in [0.2, 0.25) is 5.91 Å². The summed E-state index contributed by atoms with van der Waals surface area (Å²) in [6.07, 6.45) is 1.60. The van der Waals surface area contributed by atoms with Crippen molar-refractivity contribution in [3.8, 4) is 11.4 Å². The number of aryl methyl sites for hydroxylation is 1. The molecule has 0 aromatic carbocycles. The third-order valence-corrected chi connectivity index (χ3v) is 4.33. The van der Waals surface area contributed by atoms with Gasteiger partial charge in [-0.15, -0.1) is 10.2 Å². The normalized spacial score (nSPS) is 12.0. The van der Waals surface area contributed by atoms with Crippen molar-refractivity contribution in [2.45, 2.75) is 37.7 Å². The number of thioether (sulfide) groups is 1. The van der Waals surface area contributed by atoms with Crippen LogP contribution in [0.25, 0.3) is 11.4 Å². The molecule has 9 heteroatoms. The van der Waals surface area contributed by atoms with Crippen molar-refractivity contribution >= 4 is 23.7 Å². The van der Waals surface area contributed by atoms with Crippen LogP contribution < -0.4 is 10.6 Å². The molecule has 0 fully saturated rings. The number of rotatable bonds is 5. The second-order valence-electron chi connectivity index (χ2n) is 4.77. The molecule has 2 aromatic heterocycles. The van der Waals surface area contributed by atoms with Crippen LogP contribution in [0.2, 0.25) is 0 Å². The van der Waals surface area contributed by atoms with E-state index in [0.717, 1.165) is 11.3 Å². The average Bonchev–Trinajstić information content (AvgIpc) is 3.12. The molecule has 2 N–H and O–H groups in total. The summed E-state index contributed by atoms with van der Waals surface area (Å²) in [6.45, 7) is 6.19. The average molecular weight is 337 g/mol. The first-order valence-corrected chi connectivity index (χ1v) is 8.02. The number of carbonyl (C=O) groups excluding carboxylic acids is 2. The second kappa shape index (κ2) is 7.32. The van der Waals surface area contributed by atoms with Crippen molar-refractivity contribution in [3.63, 3.8) is 0 Å². The fourth-order valence-electron chi connectivity index (χ4n) is 1.96. The maximum Gasteiger partial charge on any atom is 0.321 e. The number of urea groups is 1. The molecular formula is C14H19N5O3S. The summed E-state index contributed by atoms with van der Waals surface area (Å²) >= 11 is 1.25. The Labute approximate surface area is 138 Å². The minimum Gasteiger partial charge on any atom is -0.469 e. The number of nitrogens with zero attached hydrogens (tertiary/aromatic N) is 3. The Morgan fingerprint density at radius 1 is 1.43 bits per heavy atom. The Hall–Kier alpha value is -2.29. The summed E-state index contributed by atoms with van der Waals surface area (Å²) in [6, 6.07) is 1.30. The van der Waals surface area contributed by atoms with Gasteiger partial charge in [0.15, 0.2) is 11.0 Å². The standard InChI is InChI=1S/C14H19N5O3S/c1-5-19-11(10-6-7-22-8(10)2)17-18-14(19)23-9(3)12(20)16-13(21)15-4/h6-7,9H,5H2,1-4H3,(H2,15,16,20,21)/t9-/m1/s1. The lowest BCUT2D eigenvalue weighted by Crippen LogP contribution is -2.41. The van der Waals surface area contributed by atoms with Crippen LogP contribution in [0.5, 0.6) is 0 Å². The molecule has 124 valence electrons. The number of amides is 3. The predicted octanol–water partition coefficient (Wildman–Crippen LogP) is 1.80. The van der Waals surface area contributed by atoms with E-state index >= 15 is 0 Å². The maximum atomic E-state index is 11.9. The summed E-state index contributed by atoms with van der Waals surface area (Å²) in [7, 11) is 1.45. The molecule has 0 aliphatic rings. The molecule has 3 amide bonds. The molecule has 8 nitrogen and oxygen atoms in total. The highest BCUT2D eigenvalue weighted by Gasteiger charge is 2.22. The van der Waals surface area contributed by atoms with Gasteiger partial charge < -0.3 is 14.3 Å². The van der Waals surface area contributed by atoms with Crippen LogP contribution in [0.15, 0.2) is 21.9 Å². The lowest BCUT2D eigenvalue weighted by Gasteiger charge is -2.11. The summed E-state index contributed by atoms with van der Waals surface area (Å²) in [5, 5.41) is 13.1. The van der Waals surface area contributed by atoms with Gasteiger partial charge in [-0.25, -0.2) is 4.79 Å². The molecule has 0 bridgehead atoms. The number of carbonyl (C=O) groups is 2. The molecule has 0 unspecified atom stereocenters. The van der Waals surface area contributed by atoms with Gasteiger partial charge in [0.05, 0.1) is 17.1 Å². The largest absolute Gasteiger partial charge is 0.469 e. The van der Waals surface area contributed by atoms with E-state index in [1.807, 2.05) is 24.5 Å². The number of furan rings is 1. The van der Waals surface area contributed by atoms with E-state index in [-0.39, 0.29) is 5.91 Å². The SMILES string of the molecule is CCn1c(S[C@H](C)C(=O)NC(=O)NC)nnc1-c1ccoc1C. The third-order valence-electron chi connectivity index (χ3n) is 3.25. The van der Waals surface area contributed by atoms with Gasteiger partial charge >= 0.3 is 6.03 Å². The van der Waals surface area contributed by atoms with Gasteiger partial charge in [0.25, 0.3) is 0 Å². The number of hydrogen-bond donors (Lipinski definition) is 2. The molecule has 0 spiro atoms. The Bertz CT molecular complexity index is 709. The third kappa shape index (κ3) is 3.73. The van der Waals surface area contributed by atoms with E-state index in [1.165, 1.54) is 18.8 Å². The predicted molar refractivity (Wildman–Crippen MR) is 86.1 cm³/mol. The number of nitrogens with one attached hydrogen (secondary N) is 2. The van der Waals surface area contributed by atoms with E-state index in [9.17, 15) is 9.59 Å². The molecule has 2 rings (SSSR count). The van der Waals surface area contributed by atoms with Crippen LogP contribution in [-0.4, -0.2) is 39.0 Å². The zero-order chi connectivity index (χ0) is 17.0. The first-order valence-electron chi connectivity index (χ1n) is 7.14. The van der Waals surface area contributed by atoms with Crippen LogP contribution in [-0.2, 0) is 11.3 Å². The van der Waals surface area contributed by atoms with E-state index < -0.39 is 11.3 Å². The Balaban J connectivity index is 2.18. The summed E-state index contributed by atoms with van der Waals surface area (Å²) in [4.78, 5) is 23.1. The molecule has 1 atom stereocenters. The van der Waals surface area contributed by atoms with E-state index in [1.54, 1.807) is 13.2 Å². The van der Waals surface area contributed by atoms with E-state index in [2.05, 4.69) is 20.8 Å². The molecular weight excluding hydrogens is 318 g/mol. The monoisotopic (exact) mass is 337 g/mol. The molecule has 0 saturated carbocycles. The topological polar surface area (TPSA) is 102 Å². The van der Waals surface area contributed by atoms with Gasteiger partial charge in [-0.3, -0.25) is 10.1 Å². The molecule has 0 radical (unpaired) electrons. The van der Waals surface area contributed by atoms with Crippen LogP contribution in [0.4, 0.5) is 4.79 Å². The van der Waals surface area contributed by atoms with Crippen molar-refractivity contribution in [1.82, 2.24) is 25.4 Å². The molecule has 23 heavy (non-hydrogen) atoms. The lowest BCUT2D eigenvalue weighted by molar-refractivity contribution is -0.119. The summed E-state index contributed by atoms with van der Waals surface area (Å²) < 4.78 is 7.22. The molecule has 0 aliphatic carbocycles. The fourth-order valence-corrected chi connectivity index (χ4v) is 2.88. The smallest absolute Gasteiger partial charge is 0.321 e. The summed E-state index contributed by atoms with van der Waals surface area (Å²) in [5.74, 6) is 1.07. The van der Waals surface area contributed by atoms with Gasteiger partial charge in [0.1, 0.15) is 5.76 Å². The Morgan fingerprint density at radius 2 is 2.17 bits per heavy atom. The van der Waals surface area contributed by atoms with Gasteiger partial charge in [0, 0.05) is 13.6 Å². The van der Waals surface area contributed by atoms with Crippen LogP contribution >= 0.6 is 11.8 Å². The highest BCUT2D eigenvalue weighted by molar-refractivity contribution is 8.00. The minimum atomic E-state index is -0.533. The Kier molecular flexibility index (Phi) is 5.43. The second-order valence-corrected chi connectivity index (χ2v) is 6.08. The minimum absolute atomic E-state index is 0.388. The molecule has 2 heterocycles. The van der Waals surface area contributed by atoms with E-state index in [0.29, 0.717) is 17.5 Å². The molecule has 2 aromatic rings. The van der Waals surface area contributed by atoms with Gasteiger partial charge in [-0.1, -0.05) is 11.8 Å². The maximum absolute atomic E-state index is 11.9.